The summed E-state index contributed by atoms with van der Waals surface area (Å²) in [6.45, 7) is 0.503. The number of benzene rings is 2. The number of carbonyl (C=O) groups excluding carboxylic acids is 2. The Morgan fingerprint density at radius 2 is 1.66 bits per heavy atom. The van der Waals surface area contributed by atoms with Crippen molar-refractivity contribution in [2.45, 2.75) is 55.4 Å². The van der Waals surface area contributed by atoms with Crippen molar-refractivity contribution in [1.29, 1.82) is 0 Å². The zero-order valence-electron chi connectivity index (χ0n) is 19.8. The lowest BCUT2D eigenvalue weighted by Crippen LogP contribution is -2.50. The molecule has 1 heterocycles. The number of hydrogen-bond donors (Lipinski definition) is 3. The van der Waals surface area contributed by atoms with E-state index in [0.29, 0.717) is 18.9 Å². The van der Waals surface area contributed by atoms with Gasteiger partial charge in [0.25, 0.3) is 5.91 Å². The van der Waals surface area contributed by atoms with E-state index in [2.05, 4.69) is 15.4 Å². The summed E-state index contributed by atoms with van der Waals surface area (Å²) in [7, 11) is -3.74. The van der Waals surface area contributed by atoms with Crippen molar-refractivity contribution in [3.05, 3.63) is 77.9 Å². The van der Waals surface area contributed by atoms with Gasteiger partial charge in [-0.2, -0.15) is 0 Å². The zero-order chi connectivity index (χ0) is 24.7. The molecule has 2 unspecified atom stereocenters. The molecule has 3 N–H and O–H groups in total. The highest BCUT2D eigenvalue weighted by molar-refractivity contribution is 7.89. The third-order valence-electron chi connectivity index (χ3n) is 6.88. The zero-order valence-corrected chi connectivity index (χ0v) is 20.6. The third-order valence-corrected chi connectivity index (χ3v) is 8.30. The number of sulfonamides is 1. The summed E-state index contributed by atoms with van der Waals surface area (Å²) in [4.78, 5) is 26.4. The molecule has 1 fully saturated rings. The highest BCUT2D eigenvalue weighted by atomic mass is 32.2. The van der Waals surface area contributed by atoms with E-state index in [1.165, 1.54) is 12.1 Å². The van der Waals surface area contributed by atoms with E-state index in [-0.39, 0.29) is 40.8 Å². The molecule has 0 aromatic heterocycles. The first kappa shape index (κ1) is 25.1. The molecule has 2 bridgehead atoms. The fraction of sp³-hybridized carbons (Fsp3) is 0.407. The van der Waals surface area contributed by atoms with Crippen LogP contribution in [0.4, 0.5) is 0 Å². The van der Waals surface area contributed by atoms with Gasteiger partial charge in [-0.05, 0) is 61.8 Å². The SMILES string of the molecule is O=C1NC(C2CCC2)CNC(=O)C(c2ccccc2)CCC/C=C\CNS(=O)(=O)c2cccc1c2. The van der Waals surface area contributed by atoms with Crippen LogP contribution in [0.2, 0.25) is 0 Å². The molecule has 186 valence electrons. The van der Waals surface area contributed by atoms with Gasteiger partial charge >= 0.3 is 0 Å². The van der Waals surface area contributed by atoms with Crippen molar-refractivity contribution in [3.63, 3.8) is 0 Å². The van der Waals surface area contributed by atoms with Gasteiger partial charge in [0.05, 0.1) is 10.8 Å². The average Bonchev–Trinajstić information content (AvgIpc) is 2.83. The first-order chi connectivity index (χ1) is 16.9. The lowest BCUT2D eigenvalue weighted by Gasteiger charge is -2.34. The Labute approximate surface area is 207 Å². The van der Waals surface area contributed by atoms with Crippen molar-refractivity contribution in [2.24, 2.45) is 5.92 Å². The topological polar surface area (TPSA) is 104 Å². The van der Waals surface area contributed by atoms with E-state index in [1.807, 2.05) is 36.4 Å². The Hall–Kier alpha value is -2.97. The van der Waals surface area contributed by atoms with Crippen LogP contribution < -0.4 is 15.4 Å². The molecule has 7 nitrogen and oxygen atoms in total. The Bertz CT molecular complexity index is 1160. The average molecular weight is 496 g/mol. The highest BCUT2D eigenvalue weighted by Gasteiger charge is 2.30. The predicted octanol–water partition coefficient (Wildman–Crippen LogP) is 3.50. The Balaban J connectivity index is 1.58. The summed E-state index contributed by atoms with van der Waals surface area (Å²) in [5, 5.41) is 6.15. The third kappa shape index (κ3) is 6.58. The molecular formula is C27H33N3O4S. The van der Waals surface area contributed by atoms with Crippen LogP contribution in [0.1, 0.15) is 60.4 Å². The molecule has 1 saturated carbocycles. The predicted molar refractivity (Wildman–Crippen MR) is 135 cm³/mol. The number of nitrogens with one attached hydrogen (secondary N) is 3. The van der Waals surface area contributed by atoms with Gasteiger partial charge in [-0.1, -0.05) is 55.0 Å². The molecule has 2 aromatic rings. The minimum absolute atomic E-state index is 0.0328. The standard InChI is InChI=1S/C27H33N3O4S/c31-26-22-14-9-15-23(18-22)35(33,34)29-17-7-2-1-6-16-24(20-10-4-3-5-11-20)27(32)28-19-25(30-26)21-12-8-13-21/h2-5,7,9-11,14-15,18,21,24-25,29H,1,6,8,12-13,16-17,19H2,(H,28,32)(H,30,31)/b7-2-. The highest BCUT2D eigenvalue weighted by Crippen LogP contribution is 2.30. The molecule has 1 aliphatic carbocycles. The van der Waals surface area contributed by atoms with Crippen molar-refractivity contribution in [3.8, 4) is 0 Å². The van der Waals surface area contributed by atoms with Gasteiger partial charge in [-0.15, -0.1) is 0 Å². The maximum atomic E-state index is 13.3. The van der Waals surface area contributed by atoms with E-state index in [9.17, 15) is 18.0 Å². The molecule has 0 radical (unpaired) electrons. The first-order valence-corrected chi connectivity index (χ1v) is 13.8. The first-order valence-electron chi connectivity index (χ1n) is 12.3. The molecule has 2 aromatic carbocycles. The van der Waals surface area contributed by atoms with E-state index in [0.717, 1.165) is 37.7 Å². The molecule has 0 spiro atoms. The van der Waals surface area contributed by atoms with Crippen LogP contribution in [0.25, 0.3) is 0 Å². The van der Waals surface area contributed by atoms with Crippen LogP contribution in [0.3, 0.4) is 0 Å². The minimum atomic E-state index is -3.74. The fourth-order valence-corrected chi connectivity index (χ4v) is 5.61. The second kappa shape index (κ2) is 11.6. The summed E-state index contributed by atoms with van der Waals surface area (Å²) in [5.41, 5.74) is 1.25. The number of hydrogen-bond acceptors (Lipinski definition) is 4. The number of carbonyl (C=O) groups is 2. The number of fused-ring (bicyclic) bond motifs is 2. The van der Waals surface area contributed by atoms with Gasteiger partial charge in [0.2, 0.25) is 15.9 Å². The summed E-state index contributed by atoms with van der Waals surface area (Å²) in [5.74, 6) is -0.362. The van der Waals surface area contributed by atoms with Crippen LogP contribution in [0.5, 0.6) is 0 Å². The van der Waals surface area contributed by atoms with E-state index < -0.39 is 10.0 Å². The summed E-state index contributed by atoms with van der Waals surface area (Å²) in [6.07, 6.45) is 9.01. The molecular weight excluding hydrogens is 462 g/mol. The lowest BCUT2D eigenvalue weighted by molar-refractivity contribution is -0.123. The van der Waals surface area contributed by atoms with Crippen molar-refractivity contribution >= 4 is 21.8 Å². The molecule has 1 aliphatic heterocycles. The van der Waals surface area contributed by atoms with Crippen LogP contribution in [0.15, 0.2) is 71.6 Å². The summed E-state index contributed by atoms with van der Waals surface area (Å²) in [6, 6.07) is 15.6. The number of allylic oxidation sites excluding steroid dienone is 1. The van der Waals surface area contributed by atoms with Gasteiger partial charge in [-0.3, -0.25) is 9.59 Å². The second-order valence-corrected chi connectivity index (χ2v) is 11.0. The van der Waals surface area contributed by atoms with Gasteiger partial charge in [0.15, 0.2) is 0 Å². The summed E-state index contributed by atoms with van der Waals surface area (Å²) < 4.78 is 28.0. The van der Waals surface area contributed by atoms with Crippen LogP contribution in [-0.4, -0.2) is 39.4 Å². The lowest BCUT2D eigenvalue weighted by atomic mass is 9.79. The molecule has 0 saturated heterocycles. The van der Waals surface area contributed by atoms with E-state index in [1.54, 1.807) is 18.2 Å². The summed E-state index contributed by atoms with van der Waals surface area (Å²) >= 11 is 0. The molecule has 35 heavy (non-hydrogen) atoms. The molecule has 8 heteroatoms. The Kier molecular flexibility index (Phi) is 8.36. The fourth-order valence-electron chi connectivity index (χ4n) is 4.58. The van der Waals surface area contributed by atoms with Gasteiger partial charge < -0.3 is 10.6 Å². The molecule has 2 atom stereocenters. The molecule has 2 amide bonds. The van der Waals surface area contributed by atoms with Crippen molar-refractivity contribution in [2.75, 3.05) is 13.1 Å². The molecule has 4 rings (SSSR count). The van der Waals surface area contributed by atoms with Crippen LogP contribution in [-0.2, 0) is 14.8 Å². The van der Waals surface area contributed by atoms with Gasteiger partial charge in [0.1, 0.15) is 0 Å². The normalized spacial score (nSPS) is 25.3. The van der Waals surface area contributed by atoms with Crippen LogP contribution in [0, 0.1) is 5.92 Å². The smallest absolute Gasteiger partial charge is 0.251 e. The van der Waals surface area contributed by atoms with Gasteiger partial charge in [0, 0.05) is 24.7 Å². The molecule has 2 aliphatic rings. The van der Waals surface area contributed by atoms with Crippen molar-refractivity contribution in [1.82, 2.24) is 15.4 Å². The maximum absolute atomic E-state index is 13.3. The quantitative estimate of drug-likeness (QED) is 0.555. The van der Waals surface area contributed by atoms with Gasteiger partial charge in [-0.25, -0.2) is 13.1 Å². The van der Waals surface area contributed by atoms with Crippen LogP contribution >= 0.6 is 0 Å². The van der Waals surface area contributed by atoms with E-state index in [4.69, 9.17) is 0 Å². The minimum Gasteiger partial charge on any atom is -0.354 e. The Morgan fingerprint density at radius 1 is 0.857 bits per heavy atom. The number of rotatable bonds is 2. The van der Waals surface area contributed by atoms with Crippen molar-refractivity contribution < 1.29 is 18.0 Å². The monoisotopic (exact) mass is 495 g/mol. The van der Waals surface area contributed by atoms with E-state index >= 15 is 0 Å². The maximum Gasteiger partial charge on any atom is 0.251 e. The largest absolute Gasteiger partial charge is 0.354 e. The Morgan fingerprint density at radius 3 is 2.40 bits per heavy atom. The second-order valence-electron chi connectivity index (χ2n) is 9.26. The number of amides is 2.